The second kappa shape index (κ2) is 11.1. The summed E-state index contributed by atoms with van der Waals surface area (Å²) in [7, 11) is 1.88. The third kappa shape index (κ3) is 10.1. The van der Waals surface area contributed by atoms with Crippen molar-refractivity contribution >= 4 is 18.1 Å². The van der Waals surface area contributed by atoms with Crippen LogP contribution in [0, 0.1) is 0 Å². The van der Waals surface area contributed by atoms with Crippen molar-refractivity contribution in [2.75, 3.05) is 45.8 Å². The molecule has 0 aliphatic heterocycles. The lowest BCUT2D eigenvalue weighted by Crippen LogP contribution is -2.52. The Morgan fingerprint density at radius 1 is 1.38 bits per heavy atom. The van der Waals surface area contributed by atoms with E-state index < -0.39 is 12.6 Å². The fraction of sp³-hybridized carbons (Fsp3) is 0.889. The Bertz CT molecular complexity index is 164. The molecule has 0 saturated heterocycles. The van der Waals surface area contributed by atoms with Crippen LogP contribution < -0.4 is 5.11 Å². The molecular formula is C9H20ClNO5. The lowest BCUT2D eigenvalue weighted by Gasteiger charge is -2.34. The average molecular weight is 258 g/mol. The molecule has 1 atom stereocenters. The number of quaternary nitrogens is 1. The Labute approximate surface area is 100 Å². The highest BCUT2D eigenvalue weighted by Crippen LogP contribution is 2.04. The molecule has 0 heterocycles. The number of hydrogen-bond acceptors (Lipinski definition) is 5. The zero-order valence-electron chi connectivity index (χ0n) is 9.38. The molecular weight excluding hydrogens is 238 g/mol. The molecule has 0 amide bonds. The van der Waals surface area contributed by atoms with E-state index in [1.807, 2.05) is 7.05 Å². The van der Waals surface area contributed by atoms with Crippen molar-refractivity contribution in [1.82, 2.24) is 0 Å². The Kier molecular flexibility index (Phi) is 12.5. The Morgan fingerprint density at radius 2 is 1.75 bits per heavy atom. The monoisotopic (exact) mass is 257 g/mol. The summed E-state index contributed by atoms with van der Waals surface area (Å²) in [5.41, 5.74) is 0. The van der Waals surface area contributed by atoms with Gasteiger partial charge in [0.25, 0.3) is 0 Å². The number of carbonyl (C=O) groups is 1. The molecule has 0 radical (unpaired) electrons. The molecule has 0 bridgehead atoms. The lowest BCUT2D eigenvalue weighted by atomic mass is 10.3. The molecule has 3 N–H and O–H groups in total. The molecule has 1 unspecified atom stereocenters. The number of halogens is 1. The number of nitrogens with zero attached hydrogens (tertiary/aromatic N) is 1. The summed E-state index contributed by atoms with van der Waals surface area (Å²) in [6, 6.07) is 0. The van der Waals surface area contributed by atoms with Gasteiger partial charge in [0.1, 0.15) is 25.7 Å². The number of hydrogen-bond donors (Lipinski definition) is 3. The summed E-state index contributed by atoms with van der Waals surface area (Å²) in [5.74, 6) is 0.185. The molecule has 0 spiro atoms. The summed E-state index contributed by atoms with van der Waals surface area (Å²) >= 11 is 5.47. The van der Waals surface area contributed by atoms with E-state index >= 15 is 0 Å². The molecule has 0 aromatic heterocycles. The summed E-state index contributed by atoms with van der Waals surface area (Å²) in [6.45, 7) is 1.10. The normalized spacial score (nSPS) is 12.6. The van der Waals surface area contributed by atoms with E-state index in [1.54, 1.807) is 0 Å². The van der Waals surface area contributed by atoms with Crippen LogP contribution in [0.3, 0.4) is 0 Å². The topological polar surface area (TPSA) is 101 Å². The quantitative estimate of drug-likeness (QED) is 0.263. The molecule has 0 aromatic carbocycles. The first kappa shape index (κ1) is 18.0. The minimum atomic E-state index is -0.579. The number of carbonyl (C=O) groups excluding carboxylic acids is 1. The molecule has 0 aromatic rings. The summed E-state index contributed by atoms with van der Waals surface area (Å²) in [6.07, 6.45) is -0.579. The first-order valence-corrected chi connectivity index (χ1v) is 5.38. The molecule has 98 valence electrons. The van der Waals surface area contributed by atoms with Gasteiger partial charge in [0.05, 0.1) is 26.1 Å². The number of rotatable bonds is 7. The van der Waals surface area contributed by atoms with Crippen LogP contribution in [0.1, 0.15) is 0 Å². The van der Waals surface area contributed by atoms with Gasteiger partial charge in [-0.05, 0) is 0 Å². The molecule has 0 fully saturated rings. The number of likely N-dealkylation sites (N-methyl/N-ethyl adjacent to an activating group) is 1. The van der Waals surface area contributed by atoms with Gasteiger partial charge in [-0.25, -0.2) is 0 Å². The van der Waals surface area contributed by atoms with Crippen LogP contribution in [0.25, 0.3) is 0 Å². The minimum absolute atomic E-state index is 0.0471. The minimum Gasteiger partial charge on any atom is -0.554 e. The van der Waals surface area contributed by atoms with E-state index in [4.69, 9.17) is 31.7 Å². The summed E-state index contributed by atoms with van der Waals surface area (Å²) < 4.78 is 0.445. The van der Waals surface area contributed by atoms with Crippen molar-refractivity contribution in [2.24, 2.45) is 0 Å². The van der Waals surface area contributed by atoms with Gasteiger partial charge in [-0.3, -0.25) is 0 Å². The van der Waals surface area contributed by atoms with Crippen molar-refractivity contribution in [3.05, 3.63) is 0 Å². The molecule has 0 aliphatic rings. The van der Waals surface area contributed by atoms with Crippen LogP contribution in [-0.2, 0) is 4.79 Å². The van der Waals surface area contributed by atoms with Crippen LogP contribution in [-0.4, -0.2) is 78.2 Å². The van der Waals surface area contributed by atoms with Crippen LogP contribution >= 0.6 is 11.6 Å². The first-order chi connectivity index (χ1) is 7.49. The van der Waals surface area contributed by atoms with E-state index in [0.29, 0.717) is 24.1 Å². The van der Waals surface area contributed by atoms with Crippen LogP contribution in [0.5, 0.6) is 0 Å². The average Bonchev–Trinajstić information content (AvgIpc) is 2.19. The maximum absolute atomic E-state index is 9.34. The molecule has 6 nitrogen and oxygen atoms in total. The Balaban J connectivity index is 0. The lowest BCUT2D eigenvalue weighted by molar-refractivity contribution is -0.912. The molecule has 0 saturated carbocycles. The second-order valence-electron chi connectivity index (χ2n) is 3.60. The molecule has 0 rings (SSSR count). The predicted octanol–water partition coefficient (Wildman–Crippen LogP) is -2.62. The summed E-state index contributed by atoms with van der Waals surface area (Å²) in [5, 5.41) is 35.2. The Morgan fingerprint density at radius 3 is 2.00 bits per heavy atom. The van der Waals surface area contributed by atoms with E-state index in [9.17, 15) is 5.11 Å². The third-order valence-electron chi connectivity index (χ3n) is 2.11. The molecule has 16 heavy (non-hydrogen) atoms. The fourth-order valence-electron chi connectivity index (χ4n) is 1.33. The van der Waals surface area contributed by atoms with Gasteiger partial charge in [0, 0.05) is 6.47 Å². The van der Waals surface area contributed by atoms with Gasteiger partial charge in [0.2, 0.25) is 0 Å². The maximum atomic E-state index is 9.34. The van der Waals surface area contributed by atoms with Crippen molar-refractivity contribution in [2.45, 2.75) is 6.10 Å². The number of carboxylic acid groups (broad SMARTS) is 1. The van der Waals surface area contributed by atoms with Gasteiger partial charge >= 0.3 is 0 Å². The predicted molar refractivity (Wildman–Crippen MR) is 57.7 cm³/mol. The van der Waals surface area contributed by atoms with E-state index in [0.717, 1.165) is 0 Å². The second-order valence-corrected chi connectivity index (χ2v) is 3.91. The standard InChI is InChI=1S/C8H19ClNO3.CH2O2/c1-10(2-4-11,3-5-12)7-8(13)6-9;2-1-3/h8,11-13H,2-7H2,1H3;1H,(H,2,3)/q+1;/p-1. The largest absolute Gasteiger partial charge is 0.554 e. The SMILES string of the molecule is C[N+](CCO)(CCO)CC(O)CCl.O=C[O-]. The molecule has 0 aliphatic carbocycles. The van der Waals surface area contributed by atoms with E-state index in [-0.39, 0.29) is 19.1 Å². The first-order valence-electron chi connectivity index (χ1n) is 4.84. The highest BCUT2D eigenvalue weighted by atomic mass is 35.5. The fourth-order valence-corrected chi connectivity index (χ4v) is 1.43. The molecule has 7 heteroatoms. The van der Waals surface area contributed by atoms with Crippen molar-refractivity contribution < 1.29 is 29.7 Å². The van der Waals surface area contributed by atoms with Crippen molar-refractivity contribution in [3.8, 4) is 0 Å². The van der Waals surface area contributed by atoms with Gasteiger partial charge in [-0.1, -0.05) is 0 Å². The van der Waals surface area contributed by atoms with Crippen molar-refractivity contribution in [3.63, 3.8) is 0 Å². The van der Waals surface area contributed by atoms with Gasteiger partial charge in [-0.15, -0.1) is 11.6 Å². The van der Waals surface area contributed by atoms with Crippen LogP contribution in [0.15, 0.2) is 0 Å². The number of alkyl halides is 1. The maximum Gasteiger partial charge on any atom is 0.116 e. The highest BCUT2D eigenvalue weighted by Gasteiger charge is 2.23. The number of aliphatic hydroxyl groups excluding tert-OH is 3. The number of aliphatic hydroxyl groups is 3. The van der Waals surface area contributed by atoms with Gasteiger partial charge < -0.3 is 29.7 Å². The zero-order chi connectivity index (χ0) is 13.0. The third-order valence-corrected chi connectivity index (χ3v) is 2.47. The van der Waals surface area contributed by atoms with Crippen molar-refractivity contribution in [1.29, 1.82) is 0 Å². The highest BCUT2D eigenvalue weighted by molar-refractivity contribution is 6.18. The Hall–Kier alpha value is -0.400. The van der Waals surface area contributed by atoms with E-state index in [1.165, 1.54) is 0 Å². The van der Waals surface area contributed by atoms with E-state index in [2.05, 4.69) is 0 Å². The smallest absolute Gasteiger partial charge is 0.116 e. The van der Waals surface area contributed by atoms with Crippen LogP contribution in [0.4, 0.5) is 0 Å². The zero-order valence-corrected chi connectivity index (χ0v) is 10.1. The van der Waals surface area contributed by atoms with Crippen LogP contribution in [0.2, 0.25) is 0 Å². The van der Waals surface area contributed by atoms with Gasteiger partial charge in [0.15, 0.2) is 0 Å². The summed E-state index contributed by atoms with van der Waals surface area (Å²) in [4.78, 5) is 8.25. The van der Waals surface area contributed by atoms with Gasteiger partial charge in [-0.2, -0.15) is 0 Å².